The highest BCUT2D eigenvalue weighted by molar-refractivity contribution is 6.12. The van der Waals surface area contributed by atoms with Crippen LogP contribution in [0.15, 0.2) is 188 Å². The van der Waals surface area contributed by atoms with Crippen LogP contribution in [0.2, 0.25) is 0 Å². The Bertz CT molecular complexity index is 3160. The molecule has 6 nitrogen and oxygen atoms in total. The van der Waals surface area contributed by atoms with E-state index in [0.717, 1.165) is 77.6 Å². The molecule has 0 atom stereocenters. The number of aryl methyl sites for hydroxylation is 1. The fourth-order valence-corrected chi connectivity index (χ4v) is 7.96. The monoisotopic (exact) mass is 766 g/mol. The van der Waals surface area contributed by atoms with E-state index in [9.17, 15) is 5.26 Å². The van der Waals surface area contributed by atoms with Gasteiger partial charge in [-0.05, 0) is 71.6 Å². The van der Waals surface area contributed by atoms with Crippen molar-refractivity contribution in [2.24, 2.45) is 0 Å². The van der Waals surface area contributed by atoms with Crippen molar-refractivity contribution in [2.75, 3.05) is 0 Å². The number of nitriles is 1. The molecule has 0 spiro atoms. The molecule has 0 aliphatic heterocycles. The van der Waals surface area contributed by atoms with Gasteiger partial charge in [-0.1, -0.05) is 151 Å². The average molecular weight is 767 g/mol. The highest BCUT2D eigenvalue weighted by atomic mass is 15.0. The lowest BCUT2D eigenvalue weighted by Gasteiger charge is -2.21. The van der Waals surface area contributed by atoms with Crippen LogP contribution in [0.5, 0.6) is 0 Å². The molecule has 0 N–H and O–H groups in total. The van der Waals surface area contributed by atoms with Gasteiger partial charge in [0, 0.05) is 38.6 Å². The number of aromatic nitrogens is 4. The van der Waals surface area contributed by atoms with Crippen molar-refractivity contribution < 1.29 is 0 Å². The van der Waals surface area contributed by atoms with Crippen LogP contribution in [-0.4, -0.2) is 19.5 Å². The minimum Gasteiger partial charge on any atom is -0.308 e. The molecule has 0 amide bonds. The molecular formula is C54H34N6. The third kappa shape index (κ3) is 6.55. The van der Waals surface area contributed by atoms with Gasteiger partial charge in [-0.25, -0.2) is 19.8 Å². The molecule has 0 saturated carbocycles. The molecule has 0 radical (unpaired) electrons. The van der Waals surface area contributed by atoms with Gasteiger partial charge in [0.2, 0.25) is 0 Å². The van der Waals surface area contributed by atoms with Crippen molar-refractivity contribution in [3.8, 4) is 79.3 Å². The normalized spacial score (nSPS) is 11.1. The molecular weight excluding hydrogens is 733 g/mol. The summed E-state index contributed by atoms with van der Waals surface area (Å²) in [4.78, 5) is 19.0. The average Bonchev–Trinajstić information content (AvgIpc) is 3.65. The van der Waals surface area contributed by atoms with E-state index in [4.69, 9.17) is 21.5 Å². The molecule has 0 saturated heterocycles. The van der Waals surface area contributed by atoms with E-state index in [1.165, 1.54) is 5.56 Å². The Labute approximate surface area is 347 Å². The van der Waals surface area contributed by atoms with Gasteiger partial charge in [-0.2, -0.15) is 5.26 Å². The lowest BCUT2D eigenvalue weighted by molar-refractivity contribution is 1.07. The molecule has 0 unspecified atom stereocenters. The first kappa shape index (κ1) is 35.9. The Kier molecular flexibility index (Phi) is 9.06. The van der Waals surface area contributed by atoms with Crippen molar-refractivity contribution >= 4 is 27.5 Å². The van der Waals surface area contributed by atoms with Crippen molar-refractivity contribution in [3.63, 3.8) is 0 Å². The zero-order chi connectivity index (χ0) is 40.6. The summed E-state index contributed by atoms with van der Waals surface area (Å²) >= 11 is 0. The molecule has 60 heavy (non-hydrogen) atoms. The fourth-order valence-electron chi connectivity index (χ4n) is 7.96. The number of hydrogen-bond donors (Lipinski definition) is 0. The largest absolute Gasteiger partial charge is 0.308 e. The highest BCUT2D eigenvalue weighted by Gasteiger charge is 2.23. The van der Waals surface area contributed by atoms with E-state index in [-0.39, 0.29) is 0 Å². The first-order chi connectivity index (χ1) is 29.5. The van der Waals surface area contributed by atoms with Crippen LogP contribution >= 0.6 is 0 Å². The molecule has 6 heteroatoms. The molecule has 10 aromatic rings. The lowest BCUT2D eigenvalue weighted by atomic mass is 9.92. The van der Waals surface area contributed by atoms with Gasteiger partial charge in [0.25, 0.3) is 0 Å². The van der Waals surface area contributed by atoms with E-state index in [0.29, 0.717) is 28.7 Å². The number of nitrogens with zero attached hydrogens (tertiary/aromatic N) is 6. The minimum absolute atomic E-state index is 0.521. The molecule has 2 aromatic heterocycles. The molecule has 0 fully saturated rings. The second-order valence-corrected chi connectivity index (χ2v) is 14.8. The van der Waals surface area contributed by atoms with Crippen molar-refractivity contribution in [2.45, 2.75) is 6.92 Å². The van der Waals surface area contributed by atoms with Crippen molar-refractivity contribution in [3.05, 3.63) is 211 Å². The topological polar surface area (TPSA) is 71.8 Å². The van der Waals surface area contributed by atoms with E-state index in [1.807, 2.05) is 109 Å². The molecule has 10 rings (SSSR count). The number of rotatable bonds is 7. The maximum Gasteiger partial charge on any atom is 0.187 e. The SMILES string of the molecule is [C-]#[N+]c1ccc(-c2cc(-c3nc(-c4ccccc4)nc(-c4ccccc4)n3)cc(-c3ccc(C#N)cc3)c2-n2c3ccccc3c3cc(-c4ccc(C)cc4)ccc32)cc1. The number of benzene rings is 8. The van der Waals surface area contributed by atoms with Gasteiger partial charge in [-0.15, -0.1) is 0 Å². The van der Waals surface area contributed by atoms with E-state index in [1.54, 1.807) is 0 Å². The number of fused-ring (bicyclic) bond motifs is 3. The first-order valence-corrected chi connectivity index (χ1v) is 19.7. The Morgan fingerprint density at radius 2 is 0.967 bits per heavy atom. The third-order valence-corrected chi connectivity index (χ3v) is 11.0. The predicted molar refractivity (Wildman–Crippen MR) is 242 cm³/mol. The number of para-hydroxylation sites is 1. The molecule has 280 valence electrons. The maximum atomic E-state index is 9.83. The van der Waals surface area contributed by atoms with Crippen molar-refractivity contribution in [1.82, 2.24) is 19.5 Å². The van der Waals surface area contributed by atoms with Crippen LogP contribution < -0.4 is 0 Å². The summed E-state index contributed by atoms with van der Waals surface area (Å²) in [6.07, 6.45) is 0. The predicted octanol–water partition coefficient (Wildman–Crippen LogP) is 13.7. The second-order valence-electron chi connectivity index (χ2n) is 14.8. The van der Waals surface area contributed by atoms with Crippen LogP contribution in [0.1, 0.15) is 11.1 Å². The summed E-state index contributed by atoms with van der Waals surface area (Å²) in [6.45, 7) is 9.84. The van der Waals surface area contributed by atoms with E-state index in [2.05, 4.69) is 101 Å². The van der Waals surface area contributed by atoms with Gasteiger partial charge in [0.05, 0.1) is 34.9 Å². The maximum absolute atomic E-state index is 9.83. The standard InChI is InChI=1S/C54H34N6/c1-35-17-21-37(22-18-35)42-27-30-50-48(31-42)45-15-9-10-16-49(45)60(50)51-46(38-23-19-36(34-55)20-24-38)32-43(33-47(51)39-25-28-44(56-2)29-26-39)54-58-52(40-11-5-3-6-12-40)57-53(59-54)41-13-7-4-8-14-41/h3-33H,1H3. The van der Waals surface area contributed by atoms with Gasteiger partial charge in [-0.3, -0.25) is 0 Å². The fraction of sp³-hybridized carbons (Fsp3) is 0.0185. The summed E-state index contributed by atoms with van der Waals surface area (Å²) in [5.74, 6) is 1.66. The van der Waals surface area contributed by atoms with Gasteiger partial charge in [0.1, 0.15) is 0 Å². The third-order valence-electron chi connectivity index (χ3n) is 11.0. The Morgan fingerprint density at radius 1 is 0.467 bits per heavy atom. The first-order valence-electron chi connectivity index (χ1n) is 19.7. The summed E-state index contributed by atoms with van der Waals surface area (Å²) in [5, 5.41) is 12.1. The molecule has 0 aliphatic rings. The number of hydrogen-bond acceptors (Lipinski definition) is 4. The smallest absolute Gasteiger partial charge is 0.187 e. The summed E-state index contributed by atoms with van der Waals surface area (Å²) in [5.41, 5.74) is 14.0. The molecule has 2 heterocycles. The van der Waals surface area contributed by atoms with Gasteiger partial charge < -0.3 is 4.57 Å². The second kappa shape index (κ2) is 15.1. The quantitative estimate of drug-likeness (QED) is 0.151. The van der Waals surface area contributed by atoms with Crippen LogP contribution in [-0.2, 0) is 0 Å². The van der Waals surface area contributed by atoms with Crippen LogP contribution in [0.4, 0.5) is 5.69 Å². The van der Waals surface area contributed by atoms with E-state index >= 15 is 0 Å². The van der Waals surface area contributed by atoms with Crippen LogP contribution in [0.3, 0.4) is 0 Å². The molecule has 0 aliphatic carbocycles. The molecule has 0 bridgehead atoms. The Hall–Kier alpha value is -8.45. The summed E-state index contributed by atoms with van der Waals surface area (Å²) in [6, 6.07) is 66.0. The molecule has 8 aromatic carbocycles. The van der Waals surface area contributed by atoms with Gasteiger partial charge >= 0.3 is 0 Å². The zero-order valence-electron chi connectivity index (χ0n) is 32.6. The Morgan fingerprint density at radius 3 is 1.55 bits per heavy atom. The summed E-state index contributed by atoms with van der Waals surface area (Å²) in [7, 11) is 0. The summed E-state index contributed by atoms with van der Waals surface area (Å²) < 4.78 is 2.36. The lowest BCUT2D eigenvalue weighted by Crippen LogP contribution is -2.04. The zero-order valence-corrected chi connectivity index (χ0v) is 32.6. The van der Waals surface area contributed by atoms with E-state index < -0.39 is 0 Å². The Balaban J connectivity index is 1.31. The highest BCUT2D eigenvalue weighted by Crippen LogP contribution is 2.44. The minimum atomic E-state index is 0.521. The van der Waals surface area contributed by atoms with Crippen LogP contribution in [0.25, 0.3) is 99.9 Å². The van der Waals surface area contributed by atoms with Gasteiger partial charge in [0.15, 0.2) is 23.2 Å². The van der Waals surface area contributed by atoms with Crippen molar-refractivity contribution in [1.29, 1.82) is 5.26 Å². The van der Waals surface area contributed by atoms with Crippen LogP contribution in [0, 0.1) is 24.8 Å².